The molecule has 3 nitrogen and oxygen atoms in total. The van der Waals surface area contributed by atoms with E-state index in [-0.39, 0.29) is 22.7 Å². The third kappa shape index (κ3) is 2.90. The lowest BCUT2D eigenvalue weighted by Crippen LogP contribution is -2.53. The van der Waals surface area contributed by atoms with E-state index in [0.29, 0.717) is 30.1 Å². The second kappa shape index (κ2) is 6.84. The fourth-order valence-corrected chi connectivity index (χ4v) is 6.56. The van der Waals surface area contributed by atoms with Gasteiger partial charge in [0.2, 0.25) is 0 Å². The molecule has 3 heteroatoms. The van der Waals surface area contributed by atoms with Gasteiger partial charge in [-0.2, -0.15) is 0 Å². The Hall–Kier alpha value is -1.48. The zero-order valence-corrected chi connectivity index (χ0v) is 16.9. The average Bonchev–Trinajstić information content (AvgIpc) is 2.95. The molecule has 0 spiro atoms. The van der Waals surface area contributed by atoms with Crippen molar-refractivity contribution in [3.63, 3.8) is 0 Å². The molecule has 0 N–H and O–H groups in total. The van der Waals surface area contributed by atoms with Gasteiger partial charge in [-0.25, -0.2) is 0 Å². The van der Waals surface area contributed by atoms with Gasteiger partial charge in [-0.3, -0.25) is 9.59 Å². The van der Waals surface area contributed by atoms with Crippen molar-refractivity contribution in [1.29, 1.82) is 0 Å². The minimum Gasteiger partial charge on any atom is -0.370 e. The summed E-state index contributed by atoms with van der Waals surface area (Å²) in [5.74, 6) is 2.01. The first-order valence-corrected chi connectivity index (χ1v) is 10.7. The highest BCUT2D eigenvalue weighted by Crippen LogP contribution is 2.63. The van der Waals surface area contributed by atoms with Crippen molar-refractivity contribution in [3.05, 3.63) is 36.0 Å². The molecule has 3 fully saturated rings. The predicted molar refractivity (Wildman–Crippen MR) is 106 cm³/mol. The van der Waals surface area contributed by atoms with Gasteiger partial charge in [-0.1, -0.05) is 39.0 Å². The van der Waals surface area contributed by atoms with Crippen molar-refractivity contribution in [2.75, 3.05) is 6.61 Å². The van der Waals surface area contributed by atoms with Gasteiger partial charge in [0, 0.05) is 17.3 Å². The first-order valence-electron chi connectivity index (χ1n) is 10.7. The number of hydrogen-bond donors (Lipinski definition) is 0. The second-order valence-electron chi connectivity index (χ2n) is 9.35. The molecule has 0 saturated heterocycles. The molecule has 0 aromatic heterocycles. The van der Waals surface area contributed by atoms with Crippen molar-refractivity contribution in [3.8, 4) is 0 Å². The summed E-state index contributed by atoms with van der Waals surface area (Å²) in [6.07, 6.45) is 15.7. The molecular formula is C24H32O3. The molecule has 0 radical (unpaired) electrons. The Labute approximate surface area is 162 Å². The van der Waals surface area contributed by atoms with E-state index in [1.807, 2.05) is 6.08 Å². The lowest BCUT2D eigenvalue weighted by atomic mass is 9.48. The van der Waals surface area contributed by atoms with Crippen LogP contribution < -0.4 is 0 Å². The van der Waals surface area contributed by atoms with Gasteiger partial charge in [0.05, 0.1) is 12.7 Å². The molecular weight excluding hydrogens is 336 g/mol. The van der Waals surface area contributed by atoms with Crippen molar-refractivity contribution in [1.82, 2.24) is 0 Å². The summed E-state index contributed by atoms with van der Waals surface area (Å²) in [4.78, 5) is 24.8. The van der Waals surface area contributed by atoms with E-state index in [9.17, 15) is 9.59 Å². The second-order valence-corrected chi connectivity index (χ2v) is 9.35. The number of fused-ring (bicyclic) bond motifs is 5. The third-order valence-corrected chi connectivity index (χ3v) is 8.06. The first kappa shape index (κ1) is 18.9. The smallest absolute Gasteiger partial charge is 0.178 e. The maximum absolute atomic E-state index is 12.6. The van der Waals surface area contributed by atoms with Gasteiger partial charge in [-0.15, -0.1) is 0 Å². The van der Waals surface area contributed by atoms with Gasteiger partial charge in [-0.05, 0) is 67.6 Å². The van der Waals surface area contributed by atoms with E-state index < -0.39 is 0 Å². The number of allylic oxidation sites excluding steroid dienone is 4. The lowest BCUT2D eigenvalue weighted by Gasteiger charge is -2.57. The van der Waals surface area contributed by atoms with E-state index in [1.54, 1.807) is 6.08 Å². The quantitative estimate of drug-likeness (QED) is 0.668. The van der Waals surface area contributed by atoms with Gasteiger partial charge < -0.3 is 4.74 Å². The summed E-state index contributed by atoms with van der Waals surface area (Å²) in [6.45, 7) is 7.20. The van der Waals surface area contributed by atoms with Crippen LogP contribution in [0.15, 0.2) is 36.0 Å². The van der Waals surface area contributed by atoms with Crippen LogP contribution in [-0.2, 0) is 14.3 Å². The SMILES string of the molecule is CC/C=C\CO[C@@H]1C[C@@H]2[C@H](CC[C@]3(C)C(=O)CC[C@@H]23)[C@@]2(C)C=CC(=O)C=C12. The molecule has 0 bridgehead atoms. The molecule has 0 aliphatic heterocycles. The Morgan fingerprint density at radius 2 is 2.00 bits per heavy atom. The number of ether oxygens (including phenoxy) is 1. The highest BCUT2D eigenvalue weighted by Gasteiger charge is 2.60. The number of ketones is 2. The summed E-state index contributed by atoms with van der Waals surface area (Å²) < 4.78 is 6.30. The molecule has 6 atom stereocenters. The highest BCUT2D eigenvalue weighted by atomic mass is 16.5. The summed E-state index contributed by atoms with van der Waals surface area (Å²) in [5, 5.41) is 0. The summed E-state index contributed by atoms with van der Waals surface area (Å²) in [7, 11) is 0. The fraction of sp³-hybridized carbons (Fsp3) is 0.667. The zero-order valence-electron chi connectivity index (χ0n) is 16.9. The Morgan fingerprint density at radius 1 is 1.19 bits per heavy atom. The molecule has 4 rings (SSSR count). The maximum Gasteiger partial charge on any atom is 0.178 e. The van der Waals surface area contributed by atoms with Crippen molar-refractivity contribution >= 4 is 11.6 Å². The van der Waals surface area contributed by atoms with E-state index in [1.165, 1.54) is 0 Å². The molecule has 0 heterocycles. The fourth-order valence-electron chi connectivity index (χ4n) is 6.56. The predicted octanol–water partition coefficient (Wildman–Crippen LogP) is 4.82. The number of rotatable bonds is 4. The minimum atomic E-state index is -0.139. The molecule has 0 aromatic rings. The Morgan fingerprint density at radius 3 is 2.78 bits per heavy atom. The van der Waals surface area contributed by atoms with Crippen LogP contribution >= 0.6 is 0 Å². The third-order valence-electron chi connectivity index (χ3n) is 8.06. The number of Topliss-reactive ketones (excluding diaryl/α,β-unsaturated/α-hetero) is 1. The van der Waals surface area contributed by atoms with E-state index in [2.05, 4.69) is 39.0 Å². The Kier molecular flexibility index (Phi) is 4.78. The lowest BCUT2D eigenvalue weighted by molar-refractivity contribution is -0.133. The van der Waals surface area contributed by atoms with Crippen LogP contribution in [0.1, 0.15) is 59.3 Å². The van der Waals surface area contributed by atoms with E-state index >= 15 is 0 Å². The molecule has 3 saturated carbocycles. The molecule has 4 aliphatic rings. The Bertz CT molecular complexity index is 730. The van der Waals surface area contributed by atoms with Gasteiger partial charge in [0.25, 0.3) is 0 Å². The Balaban J connectivity index is 1.67. The monoisotopic (exact) mass is 368 g/mol. The van der Waals surface area contributed by atoms with Gasteiger partial charge in [0.1, 0.15) is 5.78 Å². The number of carbonyl (C=O) groups excluding carboxylic acids is 2. The highest BCUT2D eigenvalue weighted by molar-refractivity contribution is 6.01. The molecule has 27 heavy (non-hydrogen) atoms. The van der Waals surface area contributed by atoms with Crippen LogP contribution in [-0.4, -0.2) is 24.3 Å². The summed E-state index contributed by atoms with van der Waals surface area (Å²) >= 11 is 0. The molecule has 0 unspecified atom stereocenters. The summed E-state index contributed by atoms with van der Waals surface area (Å²) in [5.41, 5.74) is 0.900. The van der Waals surface area contributed by atoms with Crippen molar-refractivity contribution in [2.45, 2.75) is 65.4 Å². The van der Waals surface area contributed by atoms with E-state index in [0.717, 1.165) is 44.1 Å². The van der Waals surface area contributed by atoms with Crippen LogP contribution in [0.2, 0.25) is 0 Å². The van der Waals surface area contributed by atoms with Crippen LogP contribution in [0.25, 0.3) is 0 Å². The number of carbonyl (C=O) groups is 2. The normalized spacial score (nSPS) is 43.4. The standard InChI is InChI=1S/C24H32O3/c1-4-5-6-13-27-21-15-17-18-7-8-22(26)24(18,3)12-10-19(17)23(2)11-9-16(25)14-20(21)23/h5-6,9,11,14,17-19,21H,4,7-8,10,12-13,15H2,1-3H3/b6-5-/t17-,18-,19-,21+,23+,24-/m0/s1. The minimum absolute atomic E-state index is 0.0234. The van der Waals surface area contributed by atoms with Crippen LogP contribution in [0.4, 0.5) is 0 Å². The van der Waals surface area contributed by atoms with Crippen molar-refractivity contribution in [2.24, 2.45) is 28.6 Å². The van der Waals surface area contributed by atoms with E-state index in [4.69, 9.17) is 4.74 Å². The molecule has 146 valence electrons. The number of hydrogen-bond acceptors (Lipinski definition) is 3. The molecule has 0 aromatic carbocycles. The van der Waals surface area contributed by atoms with Crippen LogP contribution in [0.3, 0.4) is 0 Å². The first-order chi connectivity index (χ1) is 12.9. The zero-order chi connectivity index (χ0) is 19.2. The topological polar surface area (TPSA) is 43.4 Å². The van der Waals surface area contributed by atoms with Crippen LogP contribution in [0.5, 0.6) is 0 Å². The van der Waals surface area contributed by atoms with Crippen LogP contribution in [0, 0.1) is 28.6 Å². The summed E-state index contributed by atoms with van der Waals surface area (Å²) in [6, 6.07) is 0. The maximum atomic E-state index is 12.6. The van der Waals surface area contributed by atoms with Gasteiger partial charge in [0.15, 0.2) is 5.78 Å². The van der Waals surface area contributed by atoms with Gasteiger partial charge >= 0.3 is 0 Å². The van der Waals surface area contributed by atoms with Crippen molar-refractivity contribution < 1.29 is 14.3 Å². The molecule has 4 aliphatic carbocycles. The molecule has 0 amide bonds. The average molecular weight is 369 g/mol. The largest absolute Gasteiger partial charge is 0.370 e.